The summed E-state index contributed by atoms with van der Waals surface area (Å²) >= 11 is 0. The van der Waals surface area contributed by atoms with Crippen LogP contribution in [0.3, 0.4) is 0 Å². The molecule has 0 heterocycles. The van der Waals surface area contributed by atoms with E-state index in [-0.39, 0.29) is 0 Å². The molecule has 2 rings (SSSR count). The van der Waals surface area contributed by atoms with Crippen molar-refractivity contribution >= 4 is 25.4 Å². The molecule has 0 aliphatic heterocycles. The lowest BCUT2D eigenvalue weighted by Gasteiger charge is -2.21. The first-order chi connectivity index (χ1) is 8.01. The lowest BCUT2D eigenvalue weighted by molar-refractivity contribution is 0.112. The van der Waals surface area contributed by atoms with E-state index in [0.29, 0.717) is 11.3 Å². The molecule has 0 aliphatic rings. The largest absolute Gasteiger partial charge is 0.544 e. The Hall–Kier alpha value is -1.61. The van der Waals surface area contributed by atoms with Gasteiger partial charge in [0, 0.05) is 0 Å². The van der Waals surface area contributed by atoms with Gasteiger partial charge < -0.3 is 4.43 Å². The summed E-state index contributed by atoms with van der Waals surface area (Å²) in [4.78, 5) is 11.3. The number of rotatable bonds is 3. The van der Waals surface area contributed by atoms with Crippen LogP contribution in [0.15, 0.2) is 36.4 Å². The predicted octanol–water partition coefficient (Wildman–Crippen LogP) is 3.87. The zero-order valence-electron chi connectivity index (χ0n) is 10.4. The molecule has 88 valence electrons. The van der Waals surface area contributed by atoms with Gasteiger partial charge >= 0.3 is 0 Å². The molecule has 2 aromatic rings. The van der Waals surface area contributed by atoms with Crippen LogP contribution in [0.5, 0.6) is 5.75 Å². The Morgan fingerprint density at radius 2 is 1.76 bits per heavy atom. The van der Waals surface area contributed by atoms with Crippen LogP contribution in [0.1, 0.15) is 10.4 Å². The summed E-state index contributed by atoms with van der Waals surface area (Å²) in [5, 5.41) is 2.02. The molecule has 0 saturated carbocycles. The summed E-state index contributed by atoms with van der Waals surface area (Å²) in [7, 11) is -1.69. The summed E-state index contributed by atoms with van der Waals surface area (Å²) in [6.45, 7) is 6.32. The highest BCUT2D eigenvalue weighted by atomic mass is 28.4. The molecule has 17 heavy (non-hydrogen) atoms. The molecular weight excluding hydrogens is 228 g/mol. The Kier molecular flexibility index (Phi) is 3.02. The highest BCUT2D eigenvalue weighted by molar-refractivity contribution is 6.70. The Morgan fingerprint density at radius 3 is 2.41 bits per heavy atom. The Bertz CT molecular complexity index is 556. The second-order valence-electron chi connectivity index (χ2n) is 5.03. The summed E-state index contributed by atoms with van der Waals surface area (Å²) < 4.78 is 5.94. The van der Waals surface area contributed by atoms with Crippen molar-refractivity contribution in [1.29, 1.82) is 0 Å². The smallest absolute Gasteiger partial charge is 0.242 e. The number of carbonyl (C=O) groups excluding carboxylic acids is 1. The maximum absolute atomic E-state index is 11.3. The number of carbonyl (C=O) groups is 1. The van der Waals surface area contributed by atoms with Gasteiger partial charge in [0.05, 0.1) is 5.56 Å². The molecule has 3 heteroatoms. The van der Waals surface area contributed by atoms with Crippen molar-refractivity contribution in [2.45, 2.75) is 19.6 Å². The lowest BCUT2D eigenvalue weighted by Crippen LogP contribution is -2.29. The Morgan fingerprint density at radius 1 is 1.06 bits per heavy atom. The monoisotopic (exact) mass is 244 g/mol. The first kappa shape index (κ1) is 11.9. The summed E-state index contributed by atoms with van der Waals surface area (Å²) in [5.74, 6) is 0.706. The van der Waals surface area contributed by atoms with Crippen LogP contribution >= 0.6 is 0 Å². The van der Waals surface area contributed by atoms with Crippen molar-refractivity contribution in [3.63, 3.8) is 0 Å². The number of benzene rings is 2. The van der Waals surface area contributed by atoms with E-state index in [9.17, 15) is 4.79 Å². The van der Waals surface area contributed by atoms with E-state index in [1.807, 2.05) is 36.4 Å². The van der Waals surface area contributed by atoms with Crippen molar-refractivity contribution < 1.29 is 9.22 Å². The molecule has 0 aromatic heterocycles. The number of fused-ring (bicyclic) bond motifs is 1. The molecule has 0 radical (unpaired) electrons. The molecule has 0 N–H and O–H groups in total. The minimum atomic E-state index is -1.69. The van der Waals surface area contributed by atoms with E-state index in [4.69, 9.17) is 4.43 Å². The van der Waals surface area contributed by atoms with E-state index < -0.39 is 8.32 Å². The van der Waals surface area contributed by atoms with Crippen LogP contribution in [0.2, 0.25) is 19.6 Å². The molecule has 0 saturated heterocycles. The maximum Gasteiger partial charge on any atom is 0.242 e. The standard InChI is InChI=1S/C14H16O2Si/c1-17(2,3)16-14-9-8-11-6-4-5-7-12(11)13(14)10-15/h4-10H,1-3H3. The van der Waals surface area contributed by atoms with E-state index in [2.05, 4.69) is 19.6 Å². The number of hydrogen-bond acceptors (Lipinski definition) is 2. The second kappa shape index (κ2) is 4.34. The average Bonchev–Trinajstić information content (AvgIpc) is 2.27. The average molecular weight is 244 g/mol. The topological polar surface area (TPSA) is 26.3 Å². The van der Waals surface area contributed by atoms with Crippen molar-refractivity contribution in [3.8, 4) is 5.75 Å². The van der Waals surface area contributed by atoms with Crippen molar-refractivity contribution in [2.75, 3.05) is 0 Å². The third-order valence-electron chi connectivity index (χ3n) is 2.46. The van der Waals surface area contributed by atoms with Crippen LogP contribution in [-0.4, -0.2) is 14.6 Å². The van der Waals surface area contributed by atoms with Gasteiger partial charge in [-0.15, -0.1) is 0 Å². The molecule has 0 bridgehead atoms. The molecule has 0 spiro atoms. The van der Waals surface area contributed by atoms with Gasteiger partial charge in [0.1, 0.15) is 5.75 Å². The van der Waals surface area contributed by atoms with E-state index in [1.165, 1.54) is 0 Å². The van der Waals surface area contributed by atoms with Crippen LogP contribution < -0.4 is 4.43 Å². The highest BCUT2D eigenvalue weighted by Gasteiger charge is 2.19. The summed E-state index contributed by atoms with van der Waals surface area (Å²) in [5.41, 5.74) is 0.658. The highest BCUT2D eigenvalue weighted by Crippen LogP contribution is 2.28. The SMILES string of the molecule is C[Si](C)(C)Oc1ccc2ccccc2c1C=O. The van der Waals surface area contributed by atoms with Gasteiger partial charge in [-0.05, 0) is 36.5 Å². The fourth-order valence-corrected chi connectivity index (χ4v) is 2.65. The molecule has 2 nitrogen and oxygen atoms in total. The van der Waals surface area contributed by atoms with Crippen molar-refractivity contribution in [3.05, 3.63) is 42.0 Å². The first-order valence-corrected chi connectivity index (χ1v) is 9.08. The minimum absolute atomic E-state index is 0.658. The zero-order chi connectivity index (χ0) is 12.5. The Balaban J connectivity index is 2.61. The fraction of sp³-hybridized carbons (Fsp3) is 0.214. The van der Waals surface area contributed by atoms with Crippen LogP contribution in [0.25, 0.3) is 10.8 Å². The molecule has 2 aromatic carbocycles. The molecule has 0 atom stereocenters. The van der Waals surface area contributed by atoms with Crippen LogP contribution in [-0.2, 0) is 0 Å². The normalized spacial score (nSPS) is 11.5. The van der Waals surface area contributed by atoms with E-state index >= 15 is 0 Å². The predicted molar refractivity (Wildman–Crippen MR) is 73.3 cm³/mol. The minimum Gasteiger partial charge on any atom is -0.544 e. The molecule has 0 aliphatic carbocycles. The van der Waals surface area contributed by atoms with Gasteiger partial charge in [-0.2, -0.15) is 0 Å². The zero-order valence-corrected chi connectivity index (χ0v) is 11.4. The molecule has 0 fully saturated rings. The maximum atomic E-state index is 11.3. The molecule has 0 amide bonds. The van der Waals surface area contributed by atoms with Gasteiger partial charge in [-0.3, -0.25) is 4.79 Å². The van der Waals surface area contributed by atoms with Crippen LogP contribution in [0.4, 0.5) is 0 Å². The van der Waals surface area contributed by atoms with Crippen molar-refractivity contribution in [1.82, 2.24) is 0 Å². The third-order valence-corrected chi connectivity index (χ3v) is 3.30. The molecular formula is C14H16O2Si. The Labute approximate surface area is 102 Å². The first-order valence-electron chi connectivity index (χ1n) is 5.67. The van der Waals surface area contributed by atoms with Gasteiger partial charge in [-0.25, -0.2) is 0 Å². The van der Waals surface area contributed by atoms with Gasteiger partial charge in [0.25, 0.3) is 0 Å². The fourth-order valence-electron chi connectivity index (χ4n) is 1.82. The van der Waals surface area contributed by atoms with Gasteiger partial charge in [-0.1, -0.05) is 30.3 Å². The van der Waals surface area contributed by atoms with Crippen LogP contribution in [0, 0.1) is 0 Å². The summed E-state index contributed by atoms with van der Waals surface area (Å²) in [6, 6.07) is 11.8. The third kappa shape index (κ3) is 2.56. The molecule has 0 unspecified atom stereocenters. The second-order valence-corrected chi connectivity index (χ2v) is 9.46. The lowest BCUT2D eigenvalue weighted by atomic mass is 10.0. The van der Waals surface area contributed by atoms with Crippen molar-refractivity contribution in [2.24, 2.45) is 0 Å². The van der Waals surface area contributed by atoms with E-state index in [1.54, 1.807) is 0 Å². The summed E-state index contributed by atoms with van der Waals surface area (Å²) in [6.07, 6.45) is 0.887. The van der Waals surface area contributed by atoms with Gasteiger partial charge in [0.15, 0.2) is 6.29 Å². The quantitative estimate of drug-likeness (QED) is 0.605. The number of aldehydes is 1. The van der Waals surface area contributed by atoms with E-state index in [0.717, 1.165) is 17.1 Å². The van der Waals surface area contributed by atoms with Gasteiger partial charge in [0.2, 0.25) is 8.32 Å². The number of hydrogen-bond donors (Lipinski definition) is 0.